The SMILES string of the molecule is O=CCc1ccc(C2=NCCN2)cc1. The van der Waals surface area contributed by atoms with Gasteiger partial charge in [-0.05, 0) is 5.56 Å². The Kier molecular flexibility index (Phi) is 2.58. The molecule has 0 spiro atoms. The number of aliphatic imine (C=N–C) groups is 1. The van der Waals surface area contributed by atoms with E-state index in [2.05, 4.69) is 10.3 Å². The van der Waals surface area contributed by atoms with Crippen molar-refractivity contribution in [2.45, 2.75) is 6.42 Å². The molecule has 0 aromatic heterocycles. The molecule has 0 saturated heterocycles. The highest BCUT2D eigenvalue weighted by molar-refractivity contribution is 5.99. The molecule has 0 fully saturated rings. The van der Waals surface area contributed by atoms with Crippen molar-refractivity contribution < 1.29 is 4.79 Å². The van der Waals surface area contributed by atoms with Gasteiger partial charge in [0.2, 0.25) is 0 Å². The van der Waals surface area contributed by atoms with Crippen LogP contribution in [0.25, 0.3) is 0 Å². The largest absolute Gasteiger partial charge is 0.368 e. The smallest absolute Gasteiger partial charge is 0.128 e. The Labute approximate surface area is 82.9 Å². The van der Waals surface area contributed by atoms with E-state index in [1.165, 1.54) is 0 Å². The fraction of sp³-hybridized carbons (Fsp3) is 0.273. The molecule has 1 aliphatic rings. The third-order valence-electron chi connectivity index (χ3n) is 2.22. The van der Waals surface area contributed by atoms with Crippen molar-refractivity contribution in [3.05, 3.63) is 35.4 Å². The molecule has 3 heteroatoms. The summed E-state index contributed by atoms with van der Waals surface area (Å²) in [6, 6.07) is 7.92. The van der Waals surface area contributed by atoms with Crippen LogP contribution in [0.1, 0.15) is 11.1 Å². The maximum absolute atomic E-state index is 10.3. The normalized spacial score (nSPS) is 14.7. The van der Waals surface area contributed by atoms with Gasteiger partial charge in [0, 0.05) is 18.5 Å². The molecule has 14 heavy (non-hydrogen) atoms. The Bertz CT molecular complexity index is 354. The van der Waals surface area contributed by atoms with Crippen LogP contribution >= 0.6 is 0 Å². The molecule has 2 rings (SSSR count). The van der Waals surface area contributed by atoms with Crippen molar-refractivity contribution in [3.8, 4) is 0 Å². The molecule has 1 aromatic carbocycles. The second-order valence-electron chi connectivity index (χ2n) is 3.22. The van der Waals surface area contributed by atoms with Gasteiger partial charge in [-0.15, -0.1) is 0 Å². The van der Waals surface area contributed by atoms with Gasteiger partial charge < -0.3 is 10.1 Å². The number of carbonyl (C=O) groups excluding carboxylic acids is 1. The molecule has 0 radical (unpaired) electrons. The fourth-order valence-corrected chi connectivity index (χ4v) is 1.49. The van der Waals surface area contributed by atoms with Crippen LogP contribution in [0, 0.1) is 0 Å². The van der Waals surface area contributed by atoms with E-state index in [4.69, 9.17) is 0 Å². The molecular formula is C11H12N2O. The third-order valence-corrected chi connectivity index (χ3v) is 2.22. The minimum Gasteiger partial charge on any atom is -0.368 e. The number of hydrogen-bond acceptors (Lipinski definition) is 3. The fourth-order valence-electron chi connectivity index (χ4n) is 1.49. The van der Waals surface area contributed by atoms with Gasteiger partial charge in [0.25, 0.3) is 0 Å². The van der Waals surface area contributed by atoms with Crippen LogP contribution in [-0.4, -0.2) is 25.2 Å². The lowest BCUT2D eigenvalue weighted by Gasteiger charge is -2.02. The highest BCUT2D eigenvalue weighted by Gasteiger charge is 2.06. The summed E-state index contributed by atoms with van der Waals surface area (Å²) < 4.78 is 0. The third kappa shape index (κ3) is 1.82. The molecule has 0 amide bonds. The molecule has 1 aromatic rings. The zero-order valence-electron chi connectivity index (χ0n) is 7.86. The van der Waals surface area contributed by atoms with E-state index in [1.54, 1.807) is 0 Å². The zero-order chi connectivity index (χ0) is 9.80. The molecule has 3 nitrogen and oxygen atoms in total. The van der Waals surface area contributed by atoms with Gasteiger partial charge in [-0.2, -0.15) is 0 Å². The van der Waals surface area contributed by atoms with Crippen LogP contribution in [0.15, 0.2) is 29.3 Å². The van der Waals surface area contributed by atoms with Crippen LogP contribution in [0.5, 0.6) is 0 Å². The lowest BCUT2D eigenvalue weighted by molar-refractivity contribution is -0.107. The minimum atomic E-state index is 0.486. The van der Waals surface area contributed by atoms with Gasteiger partial charge >= 0.3 is 0 Å². The average molecular weight is 188 g/mol. The molecule has 1 aliphatic heterocycles. The van der Waals surface area contributed by atoms with Crippen LogP contribution in [0.3, 0.4) is 0 Å². The summed E-state index contributed by atoms with van der Waals surface area (Å²) >= 11 is 0. The van der Waals surface area contributed by atoms with Crippen molar-refractivity contribution in [3.63, 3.8) is 0 Å². The number of rotatable bonds is 3. The lowest BCUT2D eigenvalue weighted by Crippen LogP contribution is -2.19. The van der Waals surface area contributed by atoms with E-state index in [-0.39, 0.29) is 0 Å². The first kappa shape index (κ1) is 8.94. The van der Waals surface area contributed by atoms with Crippen LogP contribution in [0.2, 0.25) is 0 Å². The van der Waals surface area contributed by atoms with Gasteiger partial charge in [0.05, 0.1) is 6.54 Å². The number of benzene rings is 1. The summed E-state index contributed by atoms with van der Waals surface area (Å²) in [7, 11) is 0. The minimum absolute atomic E-state index is 0.486. The summed E-state index contributed by atoms with van der Waals surface area (Å²) in [6.45, 7) is 1.77. The second-order valence-corrected chi connectivity index (χ2v) is 3.22. The van der Waals surface area contributed by atoms with Crippen molar-refractivity contribution in [2.75, 3.05) is 13.1 Å². The van der Waals surface area contributed by atoms with Crippen molar-refractivity contribution >= 4 is 12.1 Å². The Morgan fingerprint density at radius 3 is 2.71 bits per heavy atom. The van der Waals surface area contributed by atoms with E-state index in [9.17, 15) is 4.79 Å². The molecule has 0 aliphatic carbocycles. The number of nitrogens with one attached hydrogen (secondary N) is 1. The highest BCUT2D eigenvalue weighted by atomic mass is 16.1. The number of amidine groups is 1. The summed E-state index contributed by atoms with van der Waals surface area (Å²) in [4.78, 5) is 14.6. The topological polar surface area (TPSA) is 41.5 Å². The Hall–Kier alpha value is -1.64. The predicted molar refractivity (Wildman–Crippen MR) is 55.6 cm³/mol. The number of hydrogen-bond donors (Lipinski definition) is 1. The van der Waals surface area contributed by atoms with Crippen LogP contribution in [0.4, 0.5) is 0 Å². The van der Waals surface area contributed by atoms with Gasteiger partial charge in [-0.25, -0.2) is 0 Å². The summed E-state index contributed by atoms with van der Waals surface area (Å²) in [6.07, 6.45) is 1.40. The summed E-state index contributed by atoms with van der Waals surface area (Å²) in [5.74, 6) is 0.961. The van der Waals surface area contributed by atoms with Crippen molar-refractivity contribution in [2.24, 2.45) is 4.99 Å². The maximum atomic E-state index is 10.3. The first-order valence-corrected chi connectivity index (χ1v) is 4.71. The molecule has 0 bridgehead atoms. The first-order valence-electron chi connectivity index (χ1n) is 4.71. The first-order chi connectivity index (χ1) is 6.90. The molecule has 72 valence electrons. The van der Waals surface area contributed by atoms with E-state index in [0.29, 0.717) is 6.42 Å². The number of nitrogens with zero attached hydrogens (tertiary/aromatic N) is 1. The monoisotopic (exact) mass is 188 g/mol. The van der Waals surface area contributed by atoms with E-state index < -0.39 is 0 Å². The van der Waals surface area contributed by atoms with Gasteiger partial charge in [-0.1, -0.05) is 24.3 Å². The summed E-state index contributed by atoms with van der Waals surface area (Å²) in [5.41, 5.74) is 2.14. The van der Waals surface area contributed by atoms with Gasteiger partial charge in [0.1, 0.15) is 12.1 Å². The van der Waals surface area contributed by atoms with Crippen LogP contribution < -0.4 is 5.32 Å². The highest BCUT2D eigenvalue weighted by Crippen LogP contribution is 2.06. The Balaban J connectivity index is 2.16. The van der Waals surface area contributed by atoms with E-state index >= 15 is 0 Å². The summed E-state index contributed by atoms with van der Waals surface area (Å²) in [5, 5.41) is 3.20. The second kappa shape index (κ2) is 4.05. The number of carbonyl (C=O) groups is 1. The molecule has 0 saturated carbocycles. The lowest BCUT2D eigenvalue weighted by atomic mass is 10.1. The van der Waals surface area contributed by atoms with Crippen molar-refractivity contribution in [1.82, 2.24) is 5.32 Å². The average Bonchev–Trinajstić information content (AvgIpc) is 2.72. The van der Waals surface area contributed by atoms with Crippen LogP contribution in [-0.2, 0) is 11.2 Å². The maximum Gasteiger partial charge on any atom is 0.128 e. The van der Waals surface area contributed by atoms with Gasteiger partial charge in [-0.3, -0.25) is 4.99 Å². The Morgan fingerprint density at radius 2 is 2.14 bits per heavy atom. The molecule has 0 unspecified atom stereocenters. The zero-order valence-corrected chi connectivity index (χ0v) is 7.86. The molecule has 1 N–H and O–H groups in total. The molecular weight excluding hydrogens is 176 g/mol. The standard InChI is InChI=1S/C11H12N2O/c14-8-5-9-1-3-10(4-2-9)11-12-6-7-13-11/h1-4,8H,5-7H2,(H,12,13). The number of aldehydes is 1. The predicted octanol–water partition coefficient (Wildman–Crippen LogP) is 0.778. The van der Waals surface area contributed by atoms with E-state index in [1.807, 2.05) is 24.3 Å². The Morgan fingerprint density at radius 1 is 1.36 bits per heavy atom. The van der Waals surface area contributed by atoms with Gasteiger partial charge in [0.15, 0.2) is 0 Å². The van der Waals surface area contributed by atoms with Crippen molar-refractivity contribution in [1.29, 1.82) is 0 Å². The molecule has 0 atom stereocenters. The van der Waals surface area contributed by atoms with E-state index in [0.717, 1.165) is 36.3 Å². The molecule has 1 heterocycles. The quantitative estimate of drug-likeness (QED) is 0.712.